The summed E-state index contributed by atoms with van der Waals surface area (Å²) in [4.78, 5) is 4.74. The first-order chi connectivity index (χ1) is 21.0. The second-order valence-electron chi connectivity index (χ2n) is 11.3. The molecule has 0 heterocycles. The Morgan fingerprint density at radius 1 is 0.326 bits per heavy atom. The highest BCUT2D eigenvalue weighted by atomic mass is 15.2. The third kappa shape index (κ3) is 5.96. The molecule has 0 aromatic heterocycles. The molecular formula is C41H38N2. The standard InChI is InChI=1S/C41H38N2/c1-30-13-5-9-17-38(30)42(39-18-10-6-14-31(39)2)36-25-21-34(22-26-36)29-35-23-27-37(28-24-35)43(40-19-11-7-15-32(40)3)41-20-12-8-16-33(41)4/h5-28H,29H2,1-4H3. The van der Waals surface area contributed by atoms with E-state index >= 15 is 0 Å². The molecule has 0 aliphatic rings. The molecule has 0 amide bonds. The van der Waals surface area contributed by atoms with E-state index < -0.39 is 0 Å². The molecule has 0 aliphatic heterocycles. The lowest BCUT2D eigenvalue weighted by Crippen LogP contribution is -2.12. The zero-order chi connectivity index (χ0) is 29.8. The lowest BCUT2D eigenvalue weighted by molar-refractivity contribution is 1.17. The number of rotatable bonds is 8. The maximum Gasteiger partial charge on any atom is 0.0490 e. The van der Waals surface area contributed by atoms with Crippen molar-refractivity contribution in [3.63, 3.8) is 0 Å². The Morgan fingerprint density at radius 2 is 0.581 bits per heavy atom. The summed E-state index contributed by atoms with van der Waals surface area (Å²) in [5.41, 5.74) is 14.7. The quantitative estimate of drug-likeness (QED) is 0.183. The van der Waals surface area contributed by atoms with E-state index in [2.05, 4.69) is 183 Å². The van der Waals surface area contributed by atoms with Gasteiger partial charge in [0.15, 0.2) is 0 Å². The smallest absolute Gasteiger partial charge is 0.0490 e. The van der Waals surface area contributed by atoms with Gasteiger partial charge in [-0.05, 0) is 116 Å². The first-order valence-corrected chi connectivity index (χ1v) is 15.0. The molecule has 0 aliphatic carbocycles. The van der Waals surface area contributed by atoms with Gasteiger partial charge in [0.05, 0.1) is 0 Å². The molecule has 0 atom stereocenters. The fourth-order valence-electron chi connectivity index (χ4n) is 5.83. The van der Waals surface area contributed by atoms with E-state index in [1.807, 2.05) is 0 Å². The number of hydrogen-bond acceptors (Lipinski definition) is 2. The largest absolute Gasteiger partial charge is 0.310 e. The average molecular weight is 559 g/mol. The maximum absolute atomic E-state index is 2.37. The van der Waals surface area contributed by atoms with E-state index in [-0.39, 0.29) is 0 Å². The molecule has 0 N–H and O–H groups in total. The van der Waals surface area contributed by atoms with Crippen molar-refractivity contribution in [1.29, 1.82) is 0 Å². The van der Waals surface area contributed by atoms with Gasteiger partial charge in [0.2, 0.25) is 0 Å². The van der Waals surface area contributed by atoms with Crippen molar-refractivity contribution >= 4 is 34.1 Å². The average Bonchev–Trinajstić information content (AvgIpc) is 3.03. The summed E-state index contributed by atoms with van der Waals surface area (Å²) < 4.78 is 0. The highest BCUT2D eigenvalue weighted by Gasteiger charge is 2.17. The molecule has 0 fully saturated rings. The maximum atomic E-state index is 2.37. The van der Waals surface area contributed by atoms with Gasteiger partial charge >= 0.3 is 0 Å². The number of aryl methyl sites for hydroxylation is 4. The molecule has 0 radical (unpaired) electrons. The molecule has 6 rings (SSSR count). The number of anilines is 6. The minimum Gasteiger partial charge on any atom is -0.310 e. The number of benzene rings is 6. The number of hydrogen-bond donors (Lipinski definition) is 0. The summed E-state index contributed by atoms with van der Waals surface area (Å²) in [6.07, 6.45) is 0.879. The second-order valence-corrected chi connectivity index (χ2v) is 11.3. The minimum atomic E-state index is 0.879. The van der Waals surface area contributed by atoms with Gasteiger partial charge in [0.25, 0.3) is 0 Å². The van der Waals surface area contributed by atoms with Gasteiger partial charge in [0.1, 0.15) is 0 Å². The van der Waals surface area contributed by atoms with Crippen molar-refractivity contribution in [2.75, 3.05) is 9.80 Å². The Balaban J connectivity index is 1.28. The van der Waals surface area contributed by atoms with Crippen LogP contribution in [0.3, 0.4) is 0 Å². The van der Waals surface area contributed by atoms with Crippen LogP contribution in [0.15, 0.2) is 146 Å². The zero-order valence-electron chi connectivity index (χ0n) is 25.5. The van der Waals surface area contributed by atoms with Crippen LogP contribution in [0.1, 0.15) is 33.4 Å². The van der Waals surface area contributed by atoms with Crippen molar-refractivity contribution in [2.24, 2.45) is 0 Å². The first kappa shape index (κ1) is 28.1. The SMILES string of the molecule is Cc1ccccc1N(c1ccc(Cc2ccc(N(c3ccccc3C)c3ccccc3C)cc2)cc1)c1ccccc1C. The van der Waals surface area contributed by atoms with Gasteiger partial charge in [-0.25, -0.2) is 0 Å². The Hall–Kier alpha value is -5.08. The van der Waals surface area contributed by atoms with Gasteiger partial charge < -0.3 is 9.80 Å². The lowest BCUT2D eigenvalue weighted by Gasteiger charge is -2.28. The van der Waals surface area contributed by atoms with E-state index in [0.717, 1.165) is 17.8 Å². The van der Waals surface area contributed by atoms with Crippen molar-refractivity contribution < 1.29 is 0 Å². The van der Waals surface area contributed by atoms with Crippen molar-refractivity contribution in [3.8, 4) is 0 Å². The monoisotopic (exact) mass is 558 g/mol. The highest BCUT2D eigenvalue weighted by molar-refractivity contribution is 5.81. The first-order valence-electron chi connectivity index (χ1n) is 15.0. The number of para-hydroxylation sites is 4. The molecule has 2 heteroatoms. The molecule has 0 saturated heterocycles. The fraction of sp³-hybridized carbons (Fsp3) is 0.122. The normalized spacial score (nSPS) is 10.9. The van der Waals surface area contributed by atoms with E-state index in [1.54, 1.807) is 0 Å². The van der Waals surface area contributed by atoms with Crippen molar-refractivity contribution in [3.05, 3.63) is 179 Å². The summed E-state index contributed by atoms with van der Waals surface area (Å²) in [5.74, 6) is 0. The van der Waals surface area contributed by atoms with Crippen LogP contribution in [0, 0.1) is 27.7 Å². The van der Waals surface area contributed by atoms with Gasteiger partial charge in [0, 0.05) is 34.1 Å². The van der Waals surface area contributed by atoms with Gasteiger partial charge in [-0.1, -0.05) is 97.1 Å². The molecule has 43 heavy (non-hydrogen) atoms. The van der Waals surface area contributed by atoms with Crippen LogP contribution in [-0.4, -0.2) is 0 Å². The Bertz CT molecular complexity index is 1610. The predicted octanol–water partition coefficient (Wildman–Crippen LogP) is 11.5. The summed E-state index contributed by atoms with van der Waals surface area (Å²) in [7, 11) is 0. The molecule has 6 aromatic carbocycles. The highest BCUT2D eigenvalue weighted by Crippen LogP contribution is 2.39. The molecular weight excluding hydrogens is 520 g/mol. The molecule has 212 valence electrons. The van der Waals surface area contributed by atoms with Crippen LogP contribution in [-0.2, 0) is 6.42 Å². The third-order valence-electron chi connectivity index (χ3n) is 8.22. The predicted molar refractivity (Wildman–Crippen MR) is 184 cm³/mol. The van der Waals surface area contributed by atoms with Crippen LogP contribution >= 0.6 is 0 Å². The van der Waals surface area contributed by atoms with Crippen LogP contribution < -0.4 is 9.80 Å². The van der Waals surface area contributed by atoms with E-state index in [4.69, 9.17) is 0 Å². The van der Waals surface area contributed by atoms with E-state index in [0.29, 0.717) is 0 Å². The Morgan fingerprint density at radius 3 is 0.837 bits per heavy atom. The van der Waals surface area contributed by atoms with Crippen LogP contribution in [0.2, 0.25) is 0 Å². The van der Waals surface area contributed by atoms with Gasteiger partial charge in [-0.3, -0.25) is 0 Å². The molecule has 0 spiro atoms. The van der Waals surface area contributed by atoms with E-state index in [1.165, 1.54) is 56.1 Å². The van der Waals surface area contributed by atoms with Gasteiger partial charge in [-0.2, -0.15) is 0 Å². The van der Waals surface area contributed by atoms with Crippen molar-refractivity contribution in [1.82, 2.24) is 0 Å². The lowest BCUT2D eigenvalue weighted by atomic mass is 10.0. The van der Waals surface area contributed by atoms with Gasteiger partial charge in [-0.15, -0.1) is 0 Å². The summed E-state index contributed by atoms with van der Waals surface area (Å²) in [5, 5.41) is 0. The third-order valence-corrected chi connectivity index (χ3v) is 8.22. The Kier molecular flexibility index (Phi) is 8.11. The molecule has 0 unspecified atom stereocenters. The second kappa shape index (κ2) is 12.4. The summed E-state index contributed by atoms with van der Waals surface area (Å²) in [6.45, 7) is 8.71. The van der Waals surface area contributed by atoms with Crippen LogP contribution in [0.25, 0.3) is 0 Å². The summed E-state index contributed by atoms with van der Waals surface area (Å²) in [6, 6.07) is 52.5. The molecule has 6 aromatic rings. The van der Waals surface area contributed by atoms with Crippen molar-refractivity contribution in [2.45, 2.75) is 34.1 Å². The number of nitrogens with zero attached hydrogens (tertiary/aromatic N) is 2. The minimum absolute atomic E-state index is 0.879. The van der Waals surface area contributed by atoms with E-state index in [9.17, 15) is 0 Å². The molecule has 2 nitrogen and oxygen atoms in total. The van der Waals surface area contributed by atoms with Crippen LogP contribution in [0.4, 0.5) is 34.1 Å². The summed E-state index contributed by atoms with van der Waals surface area (Å²) >= 11 is 0. The fourth-order valence-corrected chi connectivity index (χ4v) is 5.83. The molecule has 0 bridgehead atoms. The molecule has 0 saturated carbocycles. The van der Waals surface area contributed by atoms with Crippen LogP contribution in [0.5, 0.6) is 0 Å². The topological polar surface area (TPSA) is 6.48 Å². The Labute approximate surface area is 256 Å². The zero-order valence-corrected chi connectivity index (χ0v) is 25.5.